The third-order valence-electron chi connectivity index (χ3n) is 3.87. The minimum absolute atomic E-state index is 0. The van der Waals surface area contributed by atoms with Gasteiger partial charge in [-0.05, 0) is 43.5 Å². The molecule has 0 bridgehead atoms. The van der Waals surface area contributed by atoms with E-state index in [0.29, 0.717) is 5.92 Å². The minimum Gasteiger partial charge on any atom is -0.497 e. The van der Waals surface area contributed by atoms with E-state index in [9.17, 15) is 0 Å². The molecular weight excluding hydrogens is 276 g/mol. The summed E-state index contributed by atoms with van der Waals surface area (Å²) in [5, 5.41) is 0. The highest BCUT2D eigenvalue weighted by Gasteiger charge is 2.25. The molecule has 1 heterocycles. The summed E-state index contributed by atoms with van der Waals surface area (Å²) in [5.41, 5.74) is 7.20. The number of ether oxygens (including phenoxy) is 2. The highest BCUT2D eigenvalue weighted by atomic mass is 35.5. The zero-order valence-electron chi connectivity index (χ0n) is 12.5. The van der Waals surface area contributed by atoms with E-state index in [1.165, 1.54) is 12.0 Å². The SMILES string of the molecule is COc1cc(CN2CCC(C(C)N)C2)cc(OC)c1.Cl. The second kappa shape index (κ2) is 7.72. The van der Waals surface area contributed by atoms with Gasteiger partial charge in [-0.1, -0.05) is 0 Å². The number of hydrogen-bond acceptors (Lipinski definition) is 4. The van der Waals surface area contributed by atoms with Crippen molar-refractivity contribution in [2.45, 2.75) is 25.9 Å². The predicted octanol–water partition coefficient (Wildman–Crippen LogP) is 2.29. The molecule has 1 aromatic carbocycles. The van der Waals surface area contributed by atoms with Crippen LogP contribution in [0, 0.1) is 5.92 Å². The highest BCUT2D eigenvalue weighted by Crippen LogP contribution is 2.26. The van der Waals surface area contributed by atoms with E-state index in [4.69, 9.17) is 15.2 Å². The van der Waals surface area contributed by atoms with Crippen molar-refractivity contribution in [1.82, 2.24) is 4.90 Å². The van der Waals surface area contributed by atoms with Crippen molar-refractivity contribution in [3.63, 3.8) is 0 Å². The molecule has 5 heteroatoms. The molecule has 2 unspecified atom stereocenters. The minimum atomic E-state index is 0. The fraction of sp³-hybridized carbons (Fsp3) is 0.600. The van der Waals surface area contributed by atoms with Crippen LogP contribution >= 0.6 is 12.4 Å². The maximum absolute atomic E-state index is 5.98. The standard InChI is InChI=1S/C15H24N2O2.ClH/c1-11(16)13-4-5-17(10-13)9-12-6-14(18-2)8-15(7-12)19-3;/h6-8,11,13H,4-5,9-10,16H2,1-3H3;1H. The molecule has 1 aliphatic heterocycles. The average Bonchev–Trinajstić information content (AvgIpc) is 2.87. The molecule has 2 atom stereocenters. The van der Waals surface area contributed by atoms with E-state index in [-0.39, 0.29) is 18.4 Å². The Labute approximate surface area is 127 Å². The molecule has 1 aliphatic rings. The van der Waals surface area contributed by atoms with E-state index in [0.717, 1.165) is 31.1 Å². The van der Waals surface area contributed by atoms with Crippen molar-refractivity contribution in [2.24, 2.45) is 11.7 Å². The number of methoxy groups -OCH3 is 2. The molecule has 0 saturated carbocycles. The smallest absolute Gasteiger partial charge is 0.122 e. The Balaban J connectivity index is 0.00000200. The molecular formula is C15H25ClN2O2. The summed E-state index contributed by atoms with van der Waals surface area (Å²) in [6, 6.07) is 6.33. The van der Waals surface area contributed by atoms with Crippen molar-refractivity contribution in [1.29, 1.82) is 0 Å². The van der Waals surface area contributed by atoms with E-state index in [1.807, 2.05) is 6.07 Å². The third-order valence-corrected chi connectivity index (χ3v) is 3.87. The summed E-state index contributed by atoms with van der Waals surface area (Å²) in [7, 11) is 3.36. The van der Waals surface area contributed by atoms with Gasteiger partial charge in [0.2, 0.25) is 0 Å². The Bertz CT molecular complexity index is 404. The quantitative estimate of drug-likeness (QED) is 0.906. The van der Waals surface area contributed by atoms with Gasteiger partial charge in [0.05, 0.1) is 14.2 Å². The molecule has 20 heavy (non-hydrogen) atoms. The zero-order valence-corrected chi connectivity index (χ0v) is 13.3. The number of halogens is 1. The lowest BCUT2D eigenvalue weighted by Crippen LogP contribution is -2.29. The molecule has 2 rings (SSSR count). The largest absolute Gasteiger partial charge is 0.497 e. The van der Waals surface area contributed by atoms with E-state index in [2.05, 4.69) is 24.0 Å². The van der Waals surface area contributed by atoms with Crippen molar-refractivity contribution >= 4 is 12.4 Å². The summed E-state index contributed by atoms with van der Waals surface area (Å²) < 4.78 is 10.6. The Kier molecular flexibility index (Phi) is 6.59. The monoisotopic (exact) mass is 300 g/mol. The van der Waals surface area contributed by atoms with Crippen molar-refractivity contribution < 1.29 is 9.47 Å². The molecule has 0 aromatic heterocycles. The molecule has 0 radical (unpaired) electrons. The molecule has 0 amide bonds. The third kappa shape index (κ3) is 4.27. The maximum Gasteiger partial charge on any atom is 0.122 e. The Morgan fingerprint density at radius 2 is 1.85 bits per heavy atom. The number of benzene rings is 1. The first-order chi connectivity index (χ1) is 9.12. The number of nitrogens with zero attached hydrogens (tertiary/aromatic N) is 1. The fourth-order valence-electron chi connectivity index (χ4n) is 2.65. The van der Waals surface area contributed by atoms with Gasteiger partial charge in [0.1, 0.15) is 11.5 Å². The second-order valence-corrected chi connectivity index (χ2v) is 5.36. The molecule has 1 saturated heterocycles. The van der Waals surface area contributed by atoms with Crippen LogP contribution < -0.4 is 15.2 Å². The van der Waals surface area contributed by atoms with E-state index in [1.54, 1.807) is 14.2 Å². The number of hydrogen-bond donors (Lipinski definition) is 1. The highest BCUT2D eigenvalue weighted by molar-refractivity contribution is 5.85. The van der Waals surface area contributed by atoms with Gasteiger partial charge >= 0.3 is 0 Å². The summed E-state index contributed by atoms with van der Waals surface area (Å²) in [4.78, 5) is 2.45. The number of nitrogens with two attached hydrogens (primary N) is 1. The van der Waals surface area contributed by atoms with Crippen LogP contribution in [0.3, 0.4) is 0 Å². The Morgan fingerprint density at radius 3 is 2.30 bits per heavy atom. The van der Waals surface area contributed by atoms with Crippen molar-refractivity contribution in [2.75, 3.05) is 27.3 Å². The molecule has 1 aromatic rings. The van der Waals surface area contributed by atoms with Crippen LogP contribution in [0.25, 0.3) is 0 Å². The van der Waals surface area contributed by atoms with Crippen LogP contribution in [0.5, 0.6) is 11.5 Å². The molecule has 2 N–H and O–H groups in total. The zero-order chi connectivity index (χ0) is 13.8. The lowest BCUT2D eigenvalue weighted by molar-refractivity contribution is 0.307. The van der Waals surface area contributed by atoms with Crippen LogP contribution in [0.15, 0.2) is 18.2 Å². The molecule has 114 valence electrons. The normalized spacial score (nSPS) is 20.3. The predicted molar refractivity (Wildman–Crippen MR) is 83.8 cm³/mol. The van der Waals surface area contributed by atoms with Gasteiger partial charge in [0.15, 0.2) is 0 Å². The van der Waals surface area contributed by atoms with Crippen LogP contribution in [-0.2, 0) is 6.54 Å². The van der Waals surface area contributed by atoms with E-state index >= 15 is 0 Å². The Morgan fingerprint density at radius 1 is 1.25 bits per heavy atom. The van der Waals surface area contributed by atoms with Gasteiger partial charge in [-0.2, -0.15) is 0 Å². The topological polar surface area (TPSA) is 47.7 Å². The van der Waals surface area contributed by atoms with Gasteiger partial charge < -0.3 is 15.2 Å². The van der Waals surface area contributed by atoms with E-state index < -0.39 is 0 Å². The van der Waals surface area contributed by atoms with Gasteiger partial charge in [0, 0.05) is 25.2 Å². The maximum atomic E-state index is 5.98. The molecule has 4 nitrogen and oxygen atoms in total. The fourth-order valence-corrected chi connectivity index (χ4v) is 2.65. The van der Waals surface area contributed by atoms with Crippen LogP contribution in [0.1, 0.15) is 18.9 Å². The first-order valence-corrected chi connectivity index (χ1v) is 6.82. The summed E-state index contributed by atoms with van der Waals surface area (Å²) in [6.45, 7) is 5.22. The number of likely N-dealkylation sites (tertiary alicyclic amines) is 1. The summed E-state index contributed by atoms with van der Waals surface area (Å²) >= 11 is 0. The summed E-state index contributed by atoms with van der Waals surface area (Å²) in [6.07, 6.45) is 1.19. The second-order valence-electron chi connectivity index (χ2n) is 5.36. The van der Waals surface area contributed by atoms with Gasteiger partial charge in [0.25, 0.3) is 0 Å². The lowest BCUT2D eigenvalue weighted by atomic mass is 10.0. The average molecular weight is 301 g/mol. The van der Waals surface area contributed by atoms with Crippen LogP contribution in [0.4, 0.5) is 0 Å². The number of rotatable bonds is 5. The first kappa shape index (κ1) is 17.1. The van der Waals surface area contributed by atoms with Gasteiger partial charge in [-0.3, -0.25) is 4.90 Å². The van der Waals surface area contributed by atoms with Crippen LogP contribution in [-0.4, -0.2) is 38.3 Å². The van der Waals surface area contributed by atoms with Crippen LogP contribution in [0.2, 0.25) is 0 Å². The molecule has 0 aliphatic carbocycles. The molecule has 1 fully saturated rings. The van der Waals surface area contributed by atoms with Gasteiger partial charge in [-0.15, -0.1) is 12.4 Å². The van der Waals surface area contributed by atoms with Crippen molar-refractivity contribution in [3.8, 4) is 11.5 Å². The lowest BCUT2D eigenvalue weighted by Gasteiger charge is -2.18. The summed E-state index contributed by atoms with van der Waals surface area (Å²) in [5.74, 6) is 2.31. The van der Waals surface area contributed by atoms with Gasteiger partial charge in [-0.25, -0.2) is 0 Å². The van der Waals surface area contributed by atoms with Crippen molar-refractivity contribution in [3.05, 3.63) is 23.8 Å². The Hall–Kier alpha value is -0.970. The first-order valence-electron chi connectivity index (χ1n) is 6.82. The molecule has 0 spiro atoms.